The Labute approximate surface area is 141 Å². The topological polar surface area (TPSA) is 151 Å². The van der Waals surface area contributed by atoms with E-state index < -0.39 is 29.4 Å². The second-order valence-corrected chi connectivity index (χ2v) is 5.28. The van der Waals surface area contributed by atoms with Gasteiger partial charge in [0.1, 0.15) is 11.6 Å². The number of aliphatic carboxylic acids is 2. The number of amides is 1. The molecule has 0 aliphatic rings. The summed E-state index contributed by atoms with van der Waals surface area (Å²) in [5, 5.41) is 27.8. The van der Waals surface area contributed by atoms with Crippen LogP contribution in [0.4, 0.5) is 0 Å². The van der Waals surface area contributed by atoms with Gasteiger partial charge in [0, 0.05) is 12.8 Å². The Morgan fingerprint density at radius 3 is 2.56 bits per heavy atom. The Kier molecular flexibility index (Phi) is 5.77. The minimum Gasteiger partial charge on any atom is -0.481 e. The van der Waals surface area contributed by atoms with E-state index in [1.807, 2.05) is 0 Å². The molecule has 25 heavy (non-hydrogen) atoms. The van der Waals surface area contributed by atoms with E-state index in [0.717, 1.165) is 4.68 Å². The maximum atomic E-state index is 12.2. The molecule has 0 saturated carbocycles. The molecule has 0 saturated heterocycles. The van der Waals surface area contributed by atoms with Gasteiger partial charge in [0.15, 0.2) is 0 Å². The summed E-state index contributed by atoms with van der Waals surface area (Å²) < 4.78 is 1.02. The van der Waals surface area contributed by atoms with Gasteiger partial charge in [-0.05, 0) is 18.6 Å². The smallest absolute Gasteiger partial charge is 0.326 e. The highest BCUT2D eigenvalue weighted by Crippen LogP contribution is 2.04. The summed E-state index contributed by atoms with van der Waals surface area (Å²) in [6.07, 6.45) is -0.803. The number of carboxylic acids is 2. The minimum atomic E-state index is -1.32. The van der Waals surface area contributed by atoms with E-state index in [9.17, 15) is 19.2 Å². The van der Waals surface area contributed by atoms with Crippen molar-refractivity contribution >= 4 is 28.7 Å². The van der Waals surface area contributed by atoms with Crippen molar-refractivity contribution in [2.45, 2.75) is 31.8 Å². The number of carboxylic acid groups (broad SMARTS) is 2. The lowest BCUT2D eigenvalue weighted by atomic mass is 10.1. The summed E-state index contributed by atoms with van der Waals surface area (Å²) in [6, 6.07) is 5.33. The van der Waals surface area contributed by atoms with Crippen LogP contribution in [-0.2, 0) is 20.9 Å². The van der Waals surface area contributed by atoms with Gasteiger partial charge in [0.25, 0.3) is 5.56 Å². The first-order valence-corrected chi connectivity index (χ1v) is 7.45. The minimum absolute atomic E-state index is 0.0756. The van der Waals surface area contributed by atoms with Crippen molar-refractivity contribution in [3.63, 3.8) is 0 Å². The number of hydrogen-bond acceptors (Lipinski definition) is 6. The van der Waals surface area contributed by atoms with Crippen molar-refractivity contribution in [1.82, 2.24) is 20.3 Å². The molecule has 3 N–H and O–H groups in total. The quantitative estimate of drug-likeness (QED) is 0.583. The molecule has 1 atom stereocenters. The Morgan fingerprint density at radius 1 is 1.16 bits per heavy atom. The number of fused-ring (bicyclic) bond motifs is 1. The maximum Gasteiger partial charge on any atom is 0.326 e. The van der Waals surface area contributed by atoms with Crippen molar-refractivity contribution in [3.05, 3.63) is 34.6 Å². The second-order valence-electron chi connectivity index (χ2n) is 5.28. The van der Waals surface area contributed by atoms with Gasteiger partial charge in [-0.2, -0.15) is 0 Å². The van der Waals surface area contributed by atoms with Crippen molar-refractivity contribution in [1.29, 1.82) is 0 Å². The van der Waals surface area contributed by atoms with Gasteiger partial charge in [-0.3, -0.25) is 14.4 Å². The third-order valence-corrected chi connectivity index (χ3v) is 3.46. The number of rotatable bonds is 8. The molecule has 1 aromatic carbocycles. The molecule has 0 unspecified atom stereocenters. The van der Waals surface area contributed by atoms with Crippen LogP contribution >= 0.6 is 0 Å². The number of nitrogens with zero attached hydrogens (tertiary/aromatic N) is 3. The molecular weight excluding hydrogens is 332 g/mol. The van der Waals surface area contributed by atoms with Crippen molar-refractivity contribution in [3.8, 4) is 0 Å². The fourth-order valence-corrected chi connectivity index (χ4v) is 2.17. The van der Waals surface area contributed by atoms with Gasteiger partial charge in [-0.25, -0.2) is 9.48 Å². The SMILES string of the molecule is O=C(O)CC[C@@H](NC(=O)CCn1nnc2ccccc2c1=O)C(=O)O. The molecule has 0 spiro atoms. The first-order chi connectivity index (χ1) is 11.9. The average Bonchev–Trinajstić information content (AvgIpc) is 2.57. The van der Waals surface area contributed by atoms with Gasteiger partial charge in [0.05, 0.1) is 11.9 Å². The molecule has 132 valence electrons. The van der Waals surface area contributed by atoms with Crippen LogP contribution in [0.15, 0.2) is 29.1 Å². The van der Waals surface area contributed by atoms with Gasteiger partial charge < -0.3 is 15.5 Å². The lowest BCUT2D eigenvalue weighted by Crippen LogP contribution is -2.41. The van der Waals surface area contributed by atoms with Gasteiger partial charge in [0.2, 0.25) is 5.91 Å². The van der Waals surface area contributed by atoms with Gasteiger partial charge in [-0.15, -0.1) is 5.10 Å². The third-order valence-electron chi connectivity index (χ3n) is 3.46. The average molecular weight is 348 g/mol. The van der Waals surface area contributed by atoms with Crippen LogP contribution in [0.5, 0.6) is 0 Å². The number of benzene rings is 1. The fraction of sp³-hybridized carbons (Fsp3) is 0.333. The highest BCUT2D eigenvalue weighted by Gasteiger charge is 2.21. The summed E-state index contributed by atoms with van der Waals surface area (Å²) >= 11 is 0. The molecule has 2 rings (SSSR count). The second kappa shape index (κ2) is 7.99. The maximum absolute atomic E-state index is 12.2. The molecule has 10 heteroatoms. The fourth-order valence-electron chi connectivity index (χ4n) is 2.17. The monoisotopic (exact) mass is 348 g/mol. The van der Waals surface area contributed by atoms with Crippen molar-refractivity contribution in [2.24, 2.45) is 0 Å². The predicted octanol–water partition coefficient (Wildman–Crippen LogP) is -0.384. The van der Waals surface area contributed by atoms with E-state index in [1.54, 1.807) is 24.3 Å². The summed E-state index contributed by atoms with van der Waals surface area (Å²) in [5.41, 5.74) is 0.0341. The zero-order chi connectivity index (χ0) is 18.4. The van der Waals surface area contributed by atoms with Crippen LogP contribution in [0, 0.1) is 0 Å². The number of hydrogen-bond donors (Lipinski definition) is 3. The molecular formula is C15H16N4O6. The summed E-state index contributed by atoms with van der Waals surface area (Å²) in [4.78, 5) is 45.6. The number of carbonyl (C=O) groups excluding carboxylic acids is 1. The van der Waals surface area contributed by atoms with Crippen LogP contribution in [0.25, 0.3) is 10.9 Å². The summed E-state index contributed by atoms with van der Waals surface area (Å²) in [7, 11) is 0. The molecule has 0 radical (unpaired) electrons. The van der Waals surface area contributed by atoms with E-state index in [-0.39, 0.29) is 25.8 Å². The number of nitrogens with one attached hydrogen (secondary N) is 1. The highest BCUT2D eigenvalue weighted by atomic mass is 16.4. The molecule has 1 aromatic heterocycles. The van der Waals surface area contributed by atoms with Gasteiger partial charge >= 0.3 is 11.9 Å². The van der Waals surface area contributed by atoms with Gasteiger partial charge in [-0.1, -0.05) is 17.3 Å². The van der Waals surface area contributed by atoms with Crippen LogP contribution < -0.4 is 10.9 Å². The Morgan fingerprint density at radius 2 is 1.88 bits per heavy atom. The first kappa shape index (κ1) is 18.0. The third kappa shape index (κ3) is 4.83. The van der Waals surface area contributed by atoms with E-state index in [4.69, 9.17) is 10.2 Å². The largest absolute Gasteiger partial charge is 0.481 e. The summed E-state index contributed by atoms with van der Waals surface area (Å²) in [5.74, 6) is -3.10. The van der Waals surface area contributed by atoms with E-state index in [1.165, 1.54) is 0 Å². The van der Waals surface area contributed by atoms with Crippen LogP contribution in [0.3, 0.4) is 0 Å². The Bertz CT molecular complexity index is 862. The van der Waals surface area contributed by atoms with E-state index in [0.29, 0.717) is 10.9 Å². The van der Waals surface area contributed by atoms with E-state index in [2.05, 4.69) is 15.6 Å². The standard InChI is InChI=1S/C15H16N4O6/c20-12(16-11(15(24)25)5-6-13(21)22)7-8-19-14(23)9-3-1-2-4-10(9)17-18-19/h1-4,11H,5-8H2,(H,16,20)(H,21,22)(H,24,25)/t11-/m1/s1. The molecule has 1 amide bonds. The molecule has 2 aromatic rings. The molecule has 0 bridgehead atoms. The van der Waals surface area contributed by atoms with Crippen LogP contribution in [0.2, 0.25) is 0 Å². The van der Waals surface area contributed by atoms with Crippen molar-refractivity contribution in [2.75, 3.05) is 0 Å². The van der Waals surface area contributed by atoms with Crippen LogP contribution in [0.1, 0.15) is 19.3 Å². The predicted molar refractivity (Wildman–Crippen MR) is 84.9 cm³/mol. The zero-order valence-corrected chi connectivity index (χ0v) is 13.1. The molecule has 10 nitrogen and oxygen atoms in total. The molecule has 0 aliphatic heterocycles. The van der Waals surface area contributed by atoms with E-state index >= 15 is 0 Å². The zero-order valence-electron chi connectivity index (χ0n) is 13.1. The first-order valence-electron chi connectivity index (χ1n) is 7.45. The van der Waals surface area contributed by atoms with Crippen LogP contribution in [-0.4, -0.2) is 49.1 Å². The molecule has 0 fully saturated rings. The number of aryl methyl sites for hydroxylation is 1. The number of aromatic nitrogens is 3. The summed E-state index contributed by atoms with van der Waals surface area (Å²) in [6.45, 7) is -0.0756. The lowest BCUT2D eigenvalue weighted by Gasteiger charge is -2.13. The lowest BCUT2D eigenvalue weighted by molar-refractivity contribution is -0.143. The molecule has 1 heterocycles. The Hall–Kier alpha value is -3.30. The van der Waals surface area contributed by atoms with Crippen molar-refractivity contribution < 1.29 is 24.6 Å². The Balaban J connectivity index is 1.99. The highest BCUT2D eigenvalue weighted by molar-refractivity contribution is 5.84. The normalized spacial score (nSPS) is 11.8. The molecule has 0 aliphatic carbocycles. The number of carbonyl (C=O) groups is 3.